The minimum atomic E-state index is -1.06. The van der Waals surface area contributed by atoms with E-state index in [1.165, 1.54) is 41.4 Å². The highest BCUT2D eigenvalue weighted by Crippen LogP contribution is 2.20. The largest absolute Gasteiger partial charge is 0.478 e. The van der Waals surface area contributed by atoms with Crippen LogP contribution in [-0.2, 0) is 9.59 Å². The Balaban J connectivity index is 1.70. The highest BCUT2D eigenvalue weighted by Gasteiger charge is 2.20. The topological polar surface area (TPSA) is 139 Å². The fraction of sp³-hybridized carbons (Fsp3) is 0.182. The van der Waals surface area contributed by atoms with Gasteiger partial charge in [0, 0.05) is 22.3 Å². The Morgan fingerprint density at radius 2 is 1.97 bits per heavy atom. The van der Waals surface area contributed by atoms with Crippen LogP contribution in [-0.4, -0.2) is 61.1 Å². The number of benzene rings is 2. The molecule has 12 heteroatoms. The molecule has 0 spiro atoms. The van der Waals surface area contributed by atoms with Gasteiger partial charge in [0.05, 0.1) is 11.3 Å². The molecule has 1 atom stereocenters. The van der Waals surface area contributed by atoms with Gasteiger partial charge in [0.2, 0.25) is 11.8 Å². The summed E-state index contributed by atoms with van der Waals surface area (Å²) < 4.78 is 1.44. The number of aromatic nitrogens is 4. The Kier molecular flexibility index (Phi) is 8.77. The maximum atomic E-state index is 12.8. The molecule has 0 aliphatic rings. The first-order valence-electron chi connectivity index (χ1n) is 10.0. The van der Waals surface area contributed by atoms with Crippen molar-refractivity contribution in [1.29, 1.82) is 0 Å². The second-order valence-electron chi connectivity index (χ2n) is 7.01. The summed E-state index contributed by atoms with van der Waals surface area (Å²) in [4.78, 5) is 36.4. The second kappa shape index (κ2) is 12.0. The highest BCUT2D eigenvalue weighted by molar-refractivity contribution is 7.98. The molecule has 34 heavy (non-hydrogen) atoms. The van der Waals surface area contributed by atoms with Gasteiger partial charge in [0.25, 0.3) is 0 Å². The molecule has 1 unspecified atom stereocenters. The van der Waals surface area contributed by atoms with E-state index in [0.29, 0.717) is 34.1 Å². The smallest absolute Gasteiger partial charge is 0.335 e. The number of hydrogen-bond acceptors (Lipinski definition) is 7. The number of carbonyl (C=O) groups is 3. The molecule has 3 rings (SSSR count). The Morgan fingerprint density at radius 1 is 1.21 bits per heavy atom. The fourth-order valence-electron chi connectivity index (χ4n) is 2.95. The maximum Gasteiger partial charge on any atom is 0.335 e. The number of carbonyl (C=O) groups excluding carboxylic acids is 2. The number of nitrogens with one attached hydrogen (secondary N) is 2. The van der Waals surface area contributed by atoms with Crippen molar-refractivity contribution in [3.05, 3.63) is 71.0 Å². The SMILES string of the molecule is CSCCC(NC(=O)C=Cc1cc(Cl)ccc1-n1cnnn1)C(=O)Nc1ccc(C(=O)O)cc1. The zero-order valence-electron chi connectivity index (χ0n) is 18.0. The number of hydrogen-bond donors (Lipinski definition) is 3. The van der Waals surface area contributed by atoms with Crippen molar-refractivity contribution in [2.75, 3.05) is 17.3 Å². The molecule has 0 bridgehead atoms. The predicted octanol–water partition coefficient (Wildman–Crippen LogP) is 2.90. The van der Waals surface area contributed by atoms with Crippen LogP contribution in [0.3, 0.4) is 0 Å². The average Bonchev–Trinajstić information content (AvgIpc) is 3.35. The number of amides is 2. The molecule has 1 aromatic heterocycles. The number of anilines is 1. The van der Waals surface area contributed by atoms with Gasteiger partial charge >= 0.3 is 5.97 Å². The van der Waals surface area contributed by atoms with Gasteiger partial charge in [0.1, 0.15) is 12.4 Å². The van der Waals surface area contributed by atoms with E-state index >= 15 is 0 Å². The number of halogens is 1. The summed E-state index contributed by atoms with van der Waals surface area (Å²) in [7, 11) is 0. The Labute approximate surface area is 204 Å². The summed E-state index contributed by atoms with van der Waals surface area (Å²) in [5.41, 5.74) is 1.77. The van der Waals surface area contributed by atoms with Crippen LogP contribution in [0.5, 0.6) is 0 Å². The third kappa shape index (κ3) is 6.90. The fourth-order valence-corrected chi connectivity index (χ4v) is 3.61. The molecule has 2 aromatic carbocycles. The molecular weight excluding hydrogens is 480 g/mol. The van der Waals surface area contributed by atoms with Gasteiger partial charge in [0.15, 0.2) is 0 Å². The van der Waals surface area contributed by atoms with E-state index in [1.807, 2.05) is 6.26 Å². The molecule has 176 valence electrons. The maximum absolute atomic E-state index is 12.8. The number of carboxylic acids is 1. The minimum absolute atomic E-state index is 0.109. The number of carboxylic acid groups (broad SMARTS) is 1. The van der Waals surface area contributed by atoms with Crippen molar-refractivity contribution in [2.45, 2.75) is 12.5 Å². The van der Waals surface area contributed by atoms with Crippen LogP contribution in [0.4, 0.5) is 5.69 Å². The first-order valence-corrected chi connectivity index (χ1v) is 11.8. The molecule has 3 N–H and O–H groups in total. The molecule has 0 aliphatic carbocycles. The summed E-state index contributed by atoms with van der Waals surface area (Å²) in [5.74, 6) is -1.28. The molecule has 0 saturated heterocycles. The van der Waals surface area contributed by atoms with Gasteiger partial charge < -0.3 is 15.7 Å². The van der Waals surface area contributed by atoms with E-state index in [9.17, 15) is 14.4 Å². The summed E-state index contributed by atoms with van der Waals surface area (Å²) in [6, 6.07) is 10.1. The molecule has 10 nitrogen and oxygen atoms in total. The van der Waals surface area contributed by atoms with E-state index < -0.39 is 23.8 Å². The number of rotatable bonds is 10. The van der Waals surface area contributed by atoms with Crippen LogP contribution in [0.15, 0.2) is 54.9 Å². The Hall–Kier alpha value is -3.70. The van der Waals surface area contributed by atoms with E-state index in [0.717, 1.165) is 0 Å². The first kappa shape index (κ1) is 24.9. The summed E-state index contributed by atoms with van der Waals surface area (Å²) in [5, 5.41) is 26.0. The van der Waals surface area contributed by atoms with Crippen molar-refractivity contribution in [1.82, 2.24) is 25.5 Å². The standard InChI is InChI=1S/C22H21ClN6O4S/c1-34-11-10-18(21(31)25-17-6-2-14(3-7-17)22(32)33)26-20(30)9-4-15-12-16(23)5-8-19(15)29-13-24-27-28-29/h2-9,12-13,18H,10-11H2,1H3,(H,25,31)(H,26,30)(H,32,33). The lowest BCUT2D eigenvalue weighted by Gasteiger charge is -2.17. The summed E-state index contributed by atoms with van der Waals surface area (Å²) in [6.45, 7) is 0. The Morgan fingerprint density at radius 3 is 2.62 bits per heavy atom. The van der Waals surface area contributed by atoms with Gasteiger partial charge in [-0.1, -0.05) is 11.6 Å². The molecular formula is C22H21ClN6O4S. The lowest BCUT2D eigenvalue weighted by atomic mass is 10.1. The van der Waals surface area contributed by atoms with Gasteiger partial charge in [-0.3, -0.25) is 9.59 Å². The quantitative estimate of drug-likeness (QED) is 0.361. The summed E-state index contributed by atoms with van der Waals surface area (Å²) >= 11 is 7.64. The first-order chi connectivity index (χ1) is 16.4. The predicted molar refractivity (Wildman–Crippen MR) is 130 cm³/mol. The molecule has 0 aliphatic heterocycles. The number of tetrazole rings is 1. The van der Waals surface area contributed by atoms with Crippen molar-refractivity contribution >= 4 is 52.9 Å². The van der Waals surface area contributed by atoms with E-state index in [-0.39, 0.29) is 5.56 Å². The molecule has 0 saturated carbocycles. The third-order valence-electron chi connectivity index (χ3n) is 4.64. The minimum Gasteiger partial charge on any atom is -0.478 e. The molecule has 1 heterocycles. The molecule has 0 radical (unpaired) electrons. The van der Waals surface area contributed by atoms with Crippen LogP contribution >= 0.6 is 23.4 Å². The van der Waals surface area contributed by atoms with Gasteiger partial charge in [-0.15, -0.1) is 5.10 Å². The second-order valence-corrected chi connectivity index (χ2v) is 8.43. The zero-order chi connectivity index (χ0) is 24.5. The third-order valence-corrected chi connectivity index (χ3v) is 5.52. The number of nitrogens with zero attached hydrogens (tertiary/aromatic N) is 4. The van der Waals surface area contributed by atoms with Crippen molar-refractivity contribution < 1.29 is 19.5 Å². The zero-order valence-corrected chi connectivity index (χ0v) is 19.6. The van der Waals surface area contributed by atoms with E-state index in [2.05, 4.69) is 26.2 Å². The summed E-state index contributed by atoms with van der Waals surface area (Å²) in [6.07, 6.45) is 6.60. The van der Waals surface area contributed by atoms with Crippen LogP contribution in [0.25, 0.3) is 11.8 Å². The van der Waals surface area contributed by atoms with E-state index in [4.69, 9.17) is 16.7 Å². The van der Waals surface area contributed by atoms with Crippen molar-refractivity contribution in [3.8, 4) is 5.69 Å². The monoisotopic (exact) mass is 500 g/mol. The van der Waals surface area contributed by atoms with Crippen LogP contribution in [0.2, 0.25) is 5.02 Å². The van der Waals surface area contributed by atoms with Crippen molar-refractivity contribution in [2.24, 2.45) is 0 Å². The van der Waals surface area contributed by atoms with E-state index in [1.54, 1.807) is 36.0 Å². The van der Waals surface area contributed by atoms with Gasteiger partial charge in [-0.2, -0.15) is 16.4 Å². The lowest BCUT2D eigenvalue weighted by molar-refractivity contribution is -0.123. The number of thioether (sulfide) groups is 1. The van der Waals surface area contributed by atoms with Crippen LogP contribution in [0.1, 0.15) is 22.3 Å². The normalized spacial score (nSPS) is 11.8. The molecule has 2 amide bonds. The van der Waals surface area contributed by atoms with Gasteiger partial charge in [-0.25, -0.2) is 4.79 Å². The Bertz CT molecular complexity index is 1180. The van der Waals surface area contributed by atoms with Gasteiger partial charge in [-0.05, 0) is 77.4 Å². The number of aromatic carboxylic acids is 1. The highest BCUT2D eigenvalue weighted by atomic mass is 35.5. The van der Waals surface area contributed by atoms with Crippen molar-refractivity contribution in [3.63, 3.8) is 0 Å². The molecule has 0 fully saturated rings. The van der Waals surface area contributed by atoms with Crippen LogP contribution < -0.4 is 10.6 Å². The lowest BCUT2D eigenvalue weighted by Crippen LogP contribution is -2.43. The average molecular weight is 501 g/mol. The molecule has 3 aromatic rings. The van der Waals surface area contributed by atoms with Crippen LogP contribution in [0, 0.1) is 0 Å².